The Balaban J connectivity index is 1.99. The van der Waals surface area contributed by atoms with Crippen LogP contribution in [0.15, 0.2) is 18.2 Å². The lowest BCUT2D eigenvalue weighted by atomic mass is 10.2. The Bertz CT molecular complexity index is 550. The molecule has 20 heavy (non-hydrogen) atoms. The molecule has 1 aliphatic rings. The summed E-state index contributed by atoms with van der Waals surface area (Å²) in [6.07, 6.45) is 0. The van der Waals surface area contributed by atoms with Crippen LogP contribution in [0, 0.1) is 0 Å². The van der Waals surface area contributed by atoms with Gasteiger partial charge in [-0.2, -0.15) is 0 Å². The van der Waals surface area contributed by atoms with Crippen LogP contribution in [0.5, 0.6) is 0 Å². The molecular formula is C13H15Cl2N3O2. The molecule has 0 spiro atoms. The van der Waals surface area contributed by atoms with Gasteiger partial charge in [0.2, 0.25) is 5.91 Å². The monoisotopic (exact) mass is 315 g/mol. The molecule has 0 unspecified atom stereocenters. The maximum Gasteiger partial charge on any atom is 0.320 e. The normalized spacial score (nSPS) is 18.6. The first-order chi connectivity index (χ1) is 9.41. The van der Waals surface area contributed by atoms with Gasteiger partial charge in [0.05, 0.1) is 16.6 Å². The highest BCUT2D eigenvalue weighted by Crippen LogP contribution is 2.25. The number of carbonyl (C=O) groups is 2. The van der Waals surface area contributed by atoms with Gasteiger partial charge in [-0.3, -0.25) is 4.79 Å². The number of likely N-dealkylation sites (N-methyl/N-ethyl adjacent to an activating group) is 2. The topological polar surface area (TPSA) is 52.7 Å². The second-order valence-corrected chi connectivity index (χ2v) is 5.51. The molecule has 0 saturated carbocycles. The van der Waals surface area contributed by atoms with Gasteiger partial charge in [0.25, 0.3) is 0 Å². The predicted molar refractivity (Wildman–Crippen MR) is 77.9 cm³/mol. The van der Waals surface area contributed by atoms with Gasteiger partial charge in [0, 0.05) is 20.6 Å². The van der Waals surface area contributed by atoms with Crippen LogP contribution in [-0.4, -0.2) is 48.4 Å². The highest BCUT2D eigenvalue weighted by atomic mass is 35.5. The molecule has 1 fully saturated rings. The molecule has 1 aliphatic heterocycles. The van der Waals surface area contributed by atoms with Crippen LogP contribution >= 0.6 is 23.2 Å². The zero-order valence-electron chi connectivity index (χ0n) is 11.2. The van der Waals surface area contributed by atoms with E-state index in [-0.39, 0.29) is 18.5 Å². The summed E-state index contributed by atoms with van der Waals surface area (Å²) in [4.78, 5) is 26.7. The summed E-state index contributed by atoms with van der Waals surface area (Å²) in [5, 5.41) is 3.66. The number of nitrogens with one attached hydrogen (secondary N) is 1. The van der Waals surface area contributed by atoms with Gasteiger partial charge < -0.3 is 15.1 Å². The molecule has 1 heterocycles. The molecule has 2 rings (SSSR count). The average Bonchev–Trinajstić information content (AvgIpc) is 2.68. The number of halogens is 2. The van der Waals surface area contributed by atoms with Crippen LogP contribution in [0.3, 0.4) is 0 Å². The van der Waals surface area contributed by atoms with E-state index in [1.807, 2.05) is 0 Å². The van der Waals surface area contributed by atoms with E-state index in [9.17, 15) is 9.59 Å². The van der Waals surface area contributed by atoms with E-state index in [4.69, 9.17) is 23.2 Å². The summed E-state index contributed by atoms with van der Waals surface area (Å²) >= 11 is 12.0. The van der Waals surface area contributed by atoms with Crippen LogP contribution in [-0.2, 0) is 11.3 Å². The smallest absolute Gasteiger partial charge is 0.320 e. The first-order valence-corrected chi connectivity index (χ1v) is 6.86. The van der Waals surface area contributed by atoms with Crippen LogP contribution in [0.25, 0.3) is 0 Å². The van der Waals surface area contributed by atoms with E-state index in [2.05, 4.69) is 5.32 Å². The Labute approximate surface area is 127 Å². The van der Waals surface area contributed by atoms with Gasteiger partial charge in [0.1, 0.15) is 6.04 Å². The van der Waals surface area contributed by atoms with Crippen molar-refractivity contribution in [3.63, 3.8) is 0 Å². The van der Waals surface area contributed by atoms with Crippen molar-refractivity contribution >= 4 is 35.1 Å². The van der Waals surface area contributed by atoms with Crippen molar-refractivity contribution < 1.29 is 9.59 Å². The Hall–Kier alpha value is -1.46. The standard InChI is InChI=1S/C13H15Cl2N3O2/c1-17-7-10(18(2)13(17)20)12(19)16-6-8-4-3-5-9(14)11(8)15/h3-5,10H,6-7H2,1-2H3,(H,16,19)/t10-/m0/s1. The third-order valence-electron chi connectivity index (χ3n) is 3.33. The van der Waals surface area contributed by atoms with Gasteiger partial charge in [0.15, 0.2) is 0 Å². The average molecular weight is 316 g/mol. The Morgan fingerprint density at radius 2 is 2.10 bits per heavy atom. The molecule has 1 saturated heterocycles. The predicted octanol–water partition coefficient (Wildman–Crippen LogP) is 1.98. The van der Waals surface area contributed by atoms with Crippen LogP contribution < -0.4 is 5.32 Å². The minimum Gasteiger partial charge on any atom is -0.350 e. The van der Waals surface area contributed by atoms with E-state index < -0.39 is 6.04 Å². The molecule has 0 bridgehead atoms. The van der Waals surface area contributed by atoms with Gasteiger partial charge in [-0.15, -0.1) is 0 Å². The van der Waals surface area contributed by atoms with Gasteiger partial charge >= 0.3 is 6.03 Å². The molecule has 5 nitrogen and oxygen atoms in total. The summed E-state index contributed by atoms with van der Waals surface area (Å²) in [6.45, 7) is 0.658. The zero-order valence-corrected chi connectivity index (χ0v) is 12.7. The summed E-state index contributed by atoms with van der Waals surface area (Å²) in [7, 11) is 3.28. The van der Waals surface area contributed by atoms with Crippen molar-refractivity contribution in [2.24, 2.45) is 0 Å². The van der Waals surface area contributed by atoms with E-state index in [0.29, 0.717) is 16.6 Å². The summed E-state index contributed by atoms with van der Waals surface area (Å²) in [5.74, 6) is -0.207. The van der Waals surface area contributed by atoms with E-state index in [0.717, 1.165) is 5.56 Å². The summed E-state index contributed by atoms with van der Waals surface area (Å²) in [5.41, 5.74) is 0.743. The molecule has 1 atom stereocenters. The lowest BCUT2D eigenvalue weighted by Crippen LogP contribution is -2.43. The van der Waals surface area contributed by atoms with Crippen molar-refractivity contribution in [2.45, 2.75) is 12.6 Å². The van der Waals surface area contributed by atoms with Crippen molar-refractivity contribution in [3.8, 4) is 0 Å². The van der Waals surface area contributed by atoms with Crippen LogP contribution in [0.4, 0.5) is 4.79 Å². The number of hydrogen-bond acceptors (Lipinski definition) is 2. The quantitative estimate of drug-likeness (QED) is 0.927. The van der Waals surface area contributed by atoms with E-state index in [1.165, 1.54) is 9.80 Å². The Kier molecular flexibility index (Phi) is 4.40. The number of rotatable bonds is 3. The van der Waals surface area contributed by atoms with Crippen molar-refractivity contribution in [1.82, 2.24) is 15.1 Å². The lowest BCUT2D eigenvalue weighted by Gasteiger charge is -2.17. The Morgan fingerprint density at radius 3 is 2.70 bits per heavy atom. The summed E-state index contributed by atoms with van der Waals surface area (Å²) in [6, 6.07) is 4.61. The molecule has 108 valence electrons. The highest BCUT2D eigenvalue weighted by molar-refractivity contribution is 6.42. The third kappa shape index (κ3) is 2.83. The first kappa shape index (κ1) is 14.9. The molecular weight excluding hydrogens is 301 g/mol. The number of benzene rings is 1. The molecule has 1 aromatic rings. The van der Waals surface area contributed by atoms with Gasteiger partial charge in [-0.1, -0.05) is 35.3 Å². The molecule has 1 N–H and O–H groups in total. The van der Waals surface area contributed by atoms with Crippen molar-refractivity contribution in [3.05, 3.63) is 33.8 Å². The fourth-order valence-electron chi connectivity index (χ4n) is 2.11. The molecule has 0 aromatic heterocycles. The molecule has 3 amide bonds. The minimum absolute atomic E-state index is 0.161. The van der Waals surface area contributed by atoms with Crippen LogP contribution in [0.1, 0.15) is 5.56 Å². The maximum atomic E-state index is 12.1. The SMILES string of the molecule is CN1C[C@@H](C(=O)NCc2cccc(Cl)c2Cl)N(C)C1=O. The maximum absolute atomic E-state index is 12.1. The number of nitrogens with zero attached hydrogens (tertiary/aromatic N) is 2. The van der Waals surface area contributed by atoms with Gasteiger partial charge in [-0.25, -0.2) is 4.79 Å². The number of amides is 3. The highest BCUT2D eigenvalue weighted by Gasteiger charge is 2.36. The molecule has 7 heteroatoms. The van der Waals surface area contributed by atoms with Crippen LogP contribution in [0.2, 0.25) is 10.0 Å². The second kappa shape index (κ2) is 5.89. The lowest BCUT2D eigenvalue weighted by molar-refractivity contribution is -0.124. The fourth-order valence-corrected chi connectivity index (χ4v) is 2.49. The van der Waals surface area contributed by atoms with Gasteiger partial charge in [-0.05, 0) is 11.6 Å². The molecule has 1 aromatic carbocycles. The number of urea groups is 1. The fraction of sp³-hybridized carbons (Fsp3) is 0.385. The molecule has 0 radical (unpaired) electrons. The van der Waals surface area contributed by atoms with E-state index >= 15 is 0 Å². The van der Waals surface area contributed by atoms with E-state index in [1.54, 1.807) is 32.3 Å². The summed E-state index contributed by atoms with van der Waals surface area (Å²) < 4.78 is 0. The third-order valence-corrected chi connectivity index (χ3v) is 4.19. The van der Waals surface area contributed by atoms with Crippen molar-refractivity contribution in [2.75, 3.05) is 20.6 Å². The largest absolute Gasteiger partial charge is 0.350 e. The zero-order chi connectivity index (χ0) is 14.9. The Morgan fingerprint density at radius 1 is 1.40 bits per heavy atom. The first-order valence-electron chi connectivity index (χ1n) is 6.10. The number of hydrogen-bond donors (Lipinski definition) is 1. The minimum atomic E-state index is -0.481. The number of carbonyl (C=O) groups excluding carboxylic acids is 2. The van der Waals surface area contributed by atoms with Crippen molar-refractivity contribution in [1.29, 1.82) is 0 Å². The molecule has 0 aliphatic carbocycles. The second-order valence-electron chi connectivity index (χ2n) is 4.72.